The summed E-state index contributed by atoms with van der Waals surface area (Å²) in [6.07, 6.45) is 1.93. The van der Waals surface area contributed by atoms with Crippen LogP contribution in [0.1, 0.15) is 26.7 Å². The van der Waals surface area contributed by atoms with Gasteiger partial charge in [-0.2, -0.15) is 0 Å². The first-order chi connectivity index (χ1) is 4.16. The maximum Gasteiger partial charge on any atom is 0.198 e. The van der Waals surface area contributed by atoms with E-state index < -0.39 is 5.79 Å². The summed E-state index contributed by atoms with van der Waals surface area (Å²) in [6, 6.07) is 0. The smallest absolute Gasteiger partial charge is 0.198 e. The zero-order valence-electron chi connectivity index (χ0n) is 5.76. The van der Waals surface area contributed by atoms with Crippen LogP contribution in [0.4, 0.5) is 0 Å². The fraction of sp³-hybridized carbons (Fsp3) is 1.00. The molecule has 1 aliphatic heterocycles. The van der Waals surface area contributed by atoms with Gasteiger partial charge >= 0.3 is 0 Å². The predicted molar refractivity (Wildman–Crippen MR) is 31.9 cm³/mol. The molecule has 1 heterocycles. The molecule has 0 spiro atoms. The molecule has 3 heteroatoms. The third kappa shape index (κ3) is 1.41. The van der Waals surface area contributed by atoms with Crippen LogP contribution in [-0.2, 0) is 9.62 Å². The fourth-order valence-electron chi connectivity index (χ4n) is 1.08. The van der Waals surface area contributed by atoms with E-state index in [0.717, 1.165) is 12.8 Å². The van der Waals surface area contributed by atoms with Gasteiger partial charge in [-0.15, -0.1) is 0 Å². The lowest BCUT2D eigenvalue weighted by atomic mass is 10.2. The van der Waals surface area contributed by atoms with E-state index >= 15 is 0 Å². The van der Waals surface area contributed by atoms with Crippen LogP contribution in [0.5, 0.6) is 0 Å². The molecular formula is C6H12O3. The quantitative estimate of drug-likeness (QED) is 0.433. The first-order valence-electron chi connectivity index (χ1n) is 3.17. The number of hydrogen-bond acceptors (Lipinski definition) is 3. The molecule has 0 bridgehead atoms. The molecule has 54 valence electrons. The van der Waals surface area contributed by atoms with Crippen LogP contribution in [0.15, 0.2) is 0 Å². The van der Waals surface area contributed by atoms with Gasteiger partial charge in [-0.1, -0.05) is 0 Å². The maximum absolute atomic E-state index is 8.32. The van der Waals surface area contributed by atoms with Crippen LogP contribution in [0.3, 0.4) is 0 Å². The van der Waals surface area contributed by atoms with Crippen LogP contribution in [0.25, 0.3) is 0 Å². The Balaban J connectivity index is 2.45. The molecule has 1 fully saturated rings. The average molecular weight is 132 g/mol. The molecule has 1 rings (SSSR count). The second-order valence-corrected chi connectivity index (χ2v) is 2.69. The van der Waals surface area contributed by atoms with E-state index in [2.05, 4.69) is 4.89 Å². The molecule has 1 saturated heterocycles. The molecule has 0 aromatic heterocycles. The Hall–Kier alpha value is -0.120. The van der Waals surface area contributed by atoms with Crippen molar-refractivity contribution in [1.29, 1.82) is 0 Å². The summed E-state index contributed by atoms with van der Waals surface area (Å²) >= 11 is 0. The molecule has 0 aliphatic carbocycles. The van der Waals surface area contributed by atoms with E-state index in [4.69, 9.17) is 9.99 Å². The molecule has 0 saturated carbocycles. The van der Waals surface area contributed by atoms with E-state index in [1.54, 1.807) is 6.92 Å². The third-order valence-corrected chi connectivity index (χ3v) is 1.65. The van der Waals surface area contributed by atoms with Gasteiger partial charge in [-0.25, -0.2) is 10.1 Å². The van der Waals surface area contributed by atoms with Crippen molar-refractivity contribution in [3.05, 3.63) is 0 Å². The highest BCUT2D eigenvalue weighted by atomic mass is 17.1. The zero-order valence-corrected chi connectivity index (χ0v) is 5.76. The van der Waals surface area contributed by atoms with E-state index in [9.17, 15) is 0 Å². The average Bonchev–Trinajstić information content (AvgIpc) is 2.13. The fourth-order valence-corrected chi connectivity index (χ4v) is 1.08. The van der Waals surface area contributed by atoms with E-state index in [1.165, 1.54) is 0 Å². The number of rotatable bonds is 1. The van der Waals surface area contributed by atoms with Crippen molar-refractivity contribution < 1.29 is 14.9 Å². The van der Waals surface area contributed by atoms with Crippen molar-refractivity contribution in [3.63, 3.8) is 0 Å². The van der Waals surface area contributed by atoms with Crippen molar-refractivity contribution in [2.45, 2.75) is 38.6 Å². The van der Waals surface area contributed by atoms with Crippen molar-refractivity contribution in [3.8, 4) is 0 Å². The minimum absolute atomic E-state index is 0.210. The standard InChI is InChI=1S/C6H12O3/c1-5-3-4-6(2,8-5)9-7/h5,7H,3-4H2,1-2H3. The van der Waals surface area contributed by atoms with Gasteiger partial charge < -0.3 is 4.74 Å². The Morgan fingerprint density at radius 2 is 2.44 bits per heavy atom. The Bertz CT molecular complexity index is 104. The van der Waals surface area contributed by atoms with Crippen LogP contribution >= 0.6 is 0 Å². The monoisotopic (exact) mass is 132 g/mol. The topological polar surface area (TPSA) is 38.7 Å². The molecule has 1 aliphatic rings. The van der Waals surface area contributed by atoms with Gasteiger partial charge in [0.25, 0.3) is 0 Å². The summed E-state index contributed by atoms with van der Waals surface area (Å²) in [7, 11) is 0. The molecule has 9 heavy (non-hydrogen) atoms. The first kappa shape index (κ1) is 6.99. The minimum atomic E-state index is -0.737. The summed E-state index contributed by atoms with van der Waals surface area (Å²) in [5.41, 5.74) is 0. The van der Waals surface area contributed by atoms with Gasteiger partial charge in [0.15, 0.2) is 5.79 Å². The SMILES string of the molecule is CC1CCC(C)(OO)O1. The molecule has 0 amide bonds. The van der Waals surface area contributed by atoms with Gasteiger partial charge in [0.05, 0.1) is 6.10 Å². The molecular weight excluding hydrogens is 120 g/mol. The molecule has 0 radical (unpaired) electrons. The summed E-state index contributed by atoms with van der Waals surface area (Å²) in [4.78, 5) is 4.15. The number of hydrogen-bond donors (Lipinski definition) is 1. The zero-order chi connectivity index (χ0) is 6.91. The largest absolute Gasteiger partial charge is 0.344 e. The minimum Gasteiger partial charge on any atom is -0.344 e. The summed E-state index contributed by atoms with van der Waals surface area (Å²) in [6.45, 7) is 3.70. The normalized spacial score (nSPS) is 43.7. The Morgan fingerprint density at radius 1 is 1.78 bits per heavy atom. The predicted octanol–water partition coefficient (Wildman–Crippen LogP) is 1.39. The molecule has 0 aromatic rings. The lowest BCUT2D eigenvalue weighted by Gasteiger charge is -2.18. The van der Waals surface area contributed by atoms with Gasteiger partial charge in [-0.3, -0.25) is 0 Å². The molecule has 0 aromatic carbocycles. The molecule has 3 nitrogen and oxygen atoms in total. The van der Waals surface area contributed by atoms with Crippen molar-refractivity contribution in [1.82, 2.24) is 0 Å². The molecule has 1 N–H and O–H groups in total. The molecule has 2 atom stereocenters. The lowest BCUT2D eigenvalue weighted by Crippen LogP contribution is -2.26. The van der Waals surface area contributed by atoms with Gasteiger partial charge in [0.1, 0.15) is 0 Å². The Morgan fingerprint density at radius 3 is 2.67 bits per heavy atom. The van der Waals surface area contributed by atoms with E-state index in [-0.39, 0.29) is 6.10 Å². The Labute approximate surface area is 54.5 Å². The van der Waals surface area contributed by atoms with Crippen LogP contribution in [0, 0.1) is 0 Å². The lowest BCUT2D eigenvalue weighted by molar-refractivity contribution is -0.390. The van der Waals surface area contributed by atoms with Crippen molar-refractivity contribution in [2.75, 3.05) is 0 Å². The van der Waals surface area contributed by atoms with Crippen LogP contribution < -0.4 is 0 Å². The summed E-state index contributed by atoms with van der Waals surface area (Å²) in [5.74, 6) is -0.737. The van der Waals surface area contributed by atoms with E-state index in [1.807, 2.05) is 6.92 Å². The van der Waals surface area contributed by atoms with Crippen molar-refractivity contribution in [2.24, 2.45) is 0 Å². The maximum atomic E-state index is 8.32. The van der Waals surface area contributed by atoms with Gasteiger partial charge in [0, 0.05) is 6.42 Å². The third-order valence-electron chi connectivity index (χ3n) is 1.65. The van der Waals surface area contributed by atoms with Gasteiger partial charge in [-0.05, 0) is 20.3 Å². The summed E-state index contributed by atoms with van der Waals surface area (Å²) in [5, 5.41) is 8.32. The Kier molecular flexibility index (Phi) is 1.75. The van der Waals surface area contributed by atoms with Crippen LogP contribution in [0.2, 0.25) is 0 Å². The van der Waals surface area contributed by atoms with E-state index in [0.29, 0.717) is 0 Å². The number of ether oxygens (including phenoxy) is 1. The molecule has 2 unspecified atom stereocenters. The highest BCUT2D eigenvalue weighted by molar-refractivity contribution is 4.73. The first-order valence-corrected chi connectivity index (χ1v) is 3.17. The van der Waals surface area contributed by atoms with Crippen LogP contribution in [-0.4, -0.2) is 17.1 Å². The second kappa shape index (κ2) is 2.25. The second-order valence-electron chi connectivity index (χ2n) is 2.69. The van der Waals surface area contributed by atoms with Crippen molar-refractivity contribution >= 4 is 0 Å². The highest BCUT2D eigenvalue weighted by Crippen LogP contribution is 2.29. The van der Waals surface area contributed by atoms with Gasteiger partial charge in [0.2, 0.25) is 0 Å². The highest BCUT2D eigenvalue weighted by Gasteiger charge is 2.35. The summed E-state index contributed by atoms with van der Waals surface area (Å²) < 4.78 is 5.23.